The number of unbranched alkanes of at least 4 members (excludes halogenated alkanes) is 15. The van der Waals surface area contributed by atoms with Gasteiger partial charge in [0.15, 0.2) is 11.5 Å². The van der Waals surface area contributed by atoms with E-state index in [2.05, 4.69) is 27.7 Å². The molecular weight excluding hydrogens is 468 g/mol. The molecule has 0 heterocycles. The number of phenolic OH excluding ortho intramolecular Hbond substituents is 2. The molecule has 3 heteroatoms. The number of aromatic hydroxyl groups is 2. The molecular formula is C35H56O3. The molecule has 2 N–H and O–H groups in total. The maximum atomic E-state index is 10.4. The van der Waals surface area contributed by atoms with Gasteiger partial charge in [-0.3, -0.25) is 0 Å². The Morgan fingerprint density at radius 3 is 1.58 bits per heavy atom. The van der Waals surface area contributed by atoms with Gasteiger partial charge in [-0.15, -0.1) is 0 Å². The van der Waals surface area contributed by atoms with Gasteiger partial charge in [0.2, 0.25) is 0 Å². The first-order chi connectivity index (χ1) is 18.3. The highest BCUT2D eigenvalue weighted by Crippen LogP contribution is 2.37. The molecule has 0 radical (unpaired) electrons. The first-order valence-corrected chi connectivity index (χ1v) is 15.6. The highest BCUT2D eigenvalue weighted by atomic mass is 16.5. The van der Waals surface area contributed by atoms with E-state index in [1.165, 1.54) is 103 Å². The highest BCUT2D eigenvalue weighted by Gasteiger charge is 2.24. The van der Waals surface area contributed by atoms with Gasteiger partial charge in [0, 0.05) is 5.41 Å². The van der Waals surface area contributed by atoms with Crippen molar-refractivity contribution < 1.29 is 14.9 Å². The molecule has 0 spiro atoms. The Balaban J connectivity index is 1.57. The molecule has 214 valence electrons. The van der Waals surface area contributed by atoms with Crippen molar-refractivity contribution in [3.05, 3.63) is 53.6 Å². The minimum Gasteiger partial charge on any atom is -0.508 e. The van der Waals surface area contributed by atoms with E-state index in [1.807, 2.05) is 24.3 Å². The van der Waals surface area contributed by atoms with Gasteiger partial charge >= 0.3 is 0 Å². The molecule has 0 aliphatic heterocycles. The van der Waals surface area contributed by atoms with Crippen LogP contribution >= 0.6 is 0 Å². The van der Waals surface area contributed by atoms with E-state index < -0.39 is 0 Å². The minimum atomic E-state index is -0.267. The largest absolute Gasteiger partial charge is 0.508 e. The van der Waals surface area contributed by atoms with E-state index in [1.54, 1.807) is 18.2 Å². The smallest absolute Gasteiger partial charge is 0.161 e. The van der Waals surface area contributed by atoms with Crippen molar-refractivity contribution in [1.82, 2.24) is 0 Å². The standard InChI is InChI=1S/C35H56O3/c1-5-6-7-8-9-10-11-12-13-14-15-16-17-18-19-20-21-29(2)38-34-28-31(24-27-33(34)37)35(3,4)30-22-25-32(36)26-23-30/h22-29,36-37H,5-21H2,1-4H3. The van der Waals surface area contributed by atoms with E-state index in [-0.39, 0.29) is 23.0 Å². The molecule has 3 nitrogen and oxygen atoms in total. The Hall–Kier alpha value is -2.16. The molecule has 0 amide bonds. The summed E-state index contributed by atoms with van der Waals surface area (Å²) in [5.41, 5.74) is 1.91. The quantitative estimate of drug-likeness (QED) is 0.160. The zero-order valence-electron chi connectivity index (χ0n) is 24.9. The molecule has 38 heavy (non-hydrogen) atoms. The highest BCUT2D eigenvalue weighted by molar-refractivity contribution is 5.48. The topological polar surface area (TPSA) is 49.7 Å². The zero-order chi connectivity index (χ0) is 27.6. The van der Waals surface area contributed by atoms with Gasteiger partial charge in [-0.25, -0.2) is 0 Å². The Bertz CT molecular complexity index is 871. The van der Waals surface area contributed by atoms with Crippen molar-refractivity contribution in [3.8, 4) is 17.2 Å². The van der Waals surface area contributed by atoms with Gasteiger partial charge in [-0.05, 0) is 55.2 Å². The normalized spacial score (nSPS) is 12.5. The SMILES string of the molecule is CCCCCCCCCCCCCCCCCCC(C)Oc1cc(C(C)(C)c2ccc(O)cc2)ccc1O. The molecule has 2 rings (SSSR count). The zero-order valence-corrected chi connectivity index (χ0v) is 24.9. The van der Waals surface area contributed by atoms with Gasteiger partial charge in [-0.2, -0.15) is 0 Å². The van der Waals surface area contributed by atoms with Crippen LogP contribution in [0.25, 0.3) is 0 Å². The Morgan fingerprint density at radius 1 is 0.632 bits per heavy atom. The summed E-state index contributed by atoms with van der Waals surface area (Å²) in [4.78, 5) is 0. The first-order valence-electron chi connectivity index (χ1n) is 15.6. The second-order valence-corrected chi connectivity index (χ2v) is 11.9. The minimum absolute atomic E-state index is 0.0691. The molecule has 0 saturated carbocycles. The third-order valence-electron chi connectivity index (χ3n) is 8.06. The number of hydrogen-bond acceptors (Lipinski definition) is 3. The molecule has 0 bridgehead atoms. The van der Waals surface area contributed by atoms with Crippen LogP contribution in [-0.2, 0) is 5.41 Å². The summed E-state index contributed by atoms with van der Waals surface area (Å²) >= 11 is 0. The van der Waals surface area contributed by atoms with Crippen LogP contribution in [-0.4, -0.2) is 16.3 Å². The second kappa shape index (κ2) is 18.2. The number of phenols is 2. The van der Waals surface area contributed by atoms with Crippen LogP contribution in [0.5, 0.6) is 17.2 Å². The van der Waals surface area contributed by atoms with Crippen LogP contribution in [0.3, 0.4) is 0 Å². The molecule has 2 aromatic carbocycles. The number of ether oxygens (including phenoxy) is 1. The number of rotatable bonds is 21. The second-order valence-electron chi connectivity index (χ2n) is 11.9. The fourth-order valence-electron chi connectivity index (χ4n) is 5.30. The Kier molecular flexibility index (Phi) is 15.3. The molecule has 1 unspecified atom stereocenters. The summed E-state index contributed by atoms with van der Waals surface area (Å²) in [6.07, 6.45) is 23.1. The van der Waals surface area contributed by atoms with Crippen molar-refractivity contribution >= 4 is 0 Å². The van der Waals surface area contributed by atoms with Crippen LogP contribution in [0.4, 0.5) is 0 Å². The van der Waals surface area contributed by atoms with Crippen molar-refractivity contribution in [1.29, 1.82) is 0 Å². The van der Waals surface area contributed by atoms with Gasteiger partial charge in [-0.1, -0.05) is 135 Å². The maximum Gasteiger partial charge on any atom is 0.161 e. The molecule has 0 fully saturated rings. The van der Waals surface area contributed by atoms with Gasteiger partial charge in [0.05, 0.1) is 6.10 Å². The van der Waals surface area contributed by atoms with Crippen LogP contribution in [0.1, 0.15) is 148 Å². The molecule has 0 aliphatic carbocycles. The van der Waals surface area contributed by atoms with Crippen LogP contribution in [0.15, 0.2) is 42.5 Å². The van der Waals surface area contributed by atoms with Crippen molar-refractivity contribution in [2.24, 2.45) is 0 Å². The van der Waals surface area contributed by atoms with Gasteiger partial charge in [0.25, 0.3) is 0 Å². The molecule has 0 saturated heterocycles. The summed E-state index contributed by atoms with van der Waals surface area (Å²) in [7, 11) is 0. The van der Waals surface area contributed by atoms with Crippen molar-refractivity contribution in [3.63, 3.8) is 0 Å². The van der Waals surface area contributed by atoms with E-state index in [9.17, 15) is 10.2 Å². The summed E-state index contributed by atoms with van der Waals surface area (Å²) in [6, 6.07) is 13.0. The predicted molar refractivity (Wildman–Crippen MR) is 163 cm³/mol. The third-order valence-corrected chi connectivity index (χ3v) is 8.06. The van der Waals surface area contributed by atoms with Gasteiger partial charge < -0.3 is 14.9 Å². The van der Waals surface area contributed by atoms with E-state index >= 15 is 0 Å². The molecule has 2 aromatic rings. The summed E-state index contributed by atoms with van der Waals surface area (Å²) < 4.78 is 6.17. The van der Waals surface area contributed by atoms with Crippen LogP contribution < -0.4 is 4.74 Å². The Morgan fingerprint density at radius 2 is 1.08 bits per heavy atom. The number of benzene rings is 2. The van der Waals surface area contributed by atoms with Crippen molar-refractivity contribution in [2.75, 3.05) is 0 Å². The maximum absolute atomic E-state index is 10.4. The fraction of sp³-hybridized carbons (Fsp3) is 0.657. The third kappa shape index (κ3) is 12.1. The average molecular weight is 525 g/mol. The summed E-state index contributed by atoms with van der Waals surface area (Å²) in [5, 5.41) is 20.0. The number of hydrogen-bond donors (Lipinski definition) is 2. The molecule has 0 aliphatic rings. The predicted octanol–water partition coefficient (Wildman–Crippen LogP) is 10.8. The molecule has 0 aromatic heterocycles. The lowest BCUT2D eigenvalue weighted by atomic mass is 9.78. The summed E-state index contributed by atoms with van der Waals surface area (Å²) in [5.74, 6) is 1.01. The lowest BCUT2D eigenvalue weighted by Crippen LogP contribution is -2.19. The lowest BCUT2D eigenvalue weighted by Gasteiger charge is -2.27. The van der Waals surface area contributed by atoms with E-state index in [0.29, 0.717) is 5.75 Å². The monoisotopic (exact) mass is 524 g/mol. The van der Waals surface area contributed by atoms with Crippen LogP contribution in [0, 0.1) is 0 Å². The van der Waals surface area contributed by atoms with Crippen molar-refractivity contribution in [2.45, 2.75) is 148 Å². The summed E-state index contributed by atoms with van der Waals surface area (Å²) in [6.45, 7) is 8.68. The lowest BCUT2D eigenvalue weighted by molar-refractivity contribution is 0.198. The molecule has 1 atom stereocenters. The van der Waals surface area contributed by atoms with E-state index in [0.717, 1.165) is 17.5 Å². The first kappa shape index (κ1) is 32.1. The fourth-order valence-corrected chi connectivity index (χ4v) is 5.30. The van der Waals surface area contributed by atoms with Gasteiger partial charge in [0.1, 0.15) is 5.75 Å². The Labute approximate surface area is 234 Å². The van der Waals surface area contributed by atoms with Crippen LogP contribution in [0.2, 0.25) is 0 Å². The van der Waals surface area contributed by atoms with E-state index in [4.69, 9.17) is 4.74 Å². The average Bonchev–Trinajstić information content (AvgIpc) is 2.90.